The van der Waals surface area contributed by atoms with Gasteiger partial charge in [-0.1, -0.05) is 6.07 Å². The zero-order valence-electron chi connectivity index (χ0n) is 19.3. The number of hydrogen-bond acceptors (Lipinski definition) is 4. The summed E-state index contributed by atoms with van der Waals surface area (Å²) in [5.41, 5.74) is 4.07. The first kappa shape index (κ1) is 23.1. The Morgan fingerprint density at radius 1 is 1.18 bits per heavy atom. The lowest BCUT2D eigenvalue weighted by Crippen LogP contribution is -2.40. The molecule has 3 aromatic rings. The Hall–Kier alpha value is -3.06. The van der Waals surface area contributed by atoms with E-state index in [4.69, 9.17) is 4.74 Å². The van der Waals surface area contributed by atoms with Crippen molar-refractivity contribution < 1.29 is 13.9 Å². The zero-order chi connectivity index (χ0) is 23.2. The SMILES string of the molecule is COCc1cc(-c2ccc(F)c(C)c2)nn1CC(=O)N1CCC(CCc2ccccn2)CC1. The fourth-order valence-electron chi connectivity index (χ4n) is 4.40. The Morgan fingerprint density at radius 2 is 2.00 bits per heavy atom. The number of aryl methyl sites for hydroxylation is 2. The third kappa shape index (κ3) is 5.85. The van der Waals surface area contributed by atoms with Gasteiger partial charge in [0.1, 0.15) is 12.4 Å². The normalized spacial score (nSPS) is 14.6. The molecule has 1 fully saturated rings. The fraction of sp³-hybridized carbons (Fsp3) is 0.423. The molecule has 0 saturated carbocycles. The number of rotatable bonds is 8. The summed E-state index contributed by atoms with van der Waals surface area (Å²) < 4.78 is 20.7. The molecule has 0 unspecified atom stereocenters. The number of amides is 1. The topological polar surface area (TPSA) is 60.3 Å². The van der Waals surface area contributed by atoms with Gasteiger partial charge in [0, 0.05) is 37.7 Å². The molecule has 1 aliphatic rings. The monoisotopic (exact) mass is 450 g/mol. The van der Waals surface area contributed by atoms with Gasteiger partial charge in [0.15, 0.2) is 0 Å². The number of pyridine rings is 1. The average molecular weight is 451 g/mol. The smallest absolute Gasteiger partial charge is 0.244 e. The zero-order valence-corrected chi connectivity index (χ0v) is 19.3. The number of halogens is 1. The van der Waals surface area contributed by atoms with Crippen molar-refractivity contribution in [3.05, 3.63) is 71.4 Å². The van der Waals surface area contributed by atoms with Crippen LogP contribution in [0.5, 0.6) is 0 Å². The van der Waals surface area contributed by atoms with E-state index >= 15 is 0 Å². The summed E-state index contributed by atoms with van der Waals surface area (Å²) in [6.45, 7) is 3.82. The molecule has 0 radical (unpaired) electrons. The molecule has 0 bridgehead atoms. The van der Waals surface area contributed by atoms with Crippen molar-refractivity contribution in [3.8, 4) is 11.3 Å². The Balaban J connectivity index is 1.36. The molecule has 1 amide bonds. The summed E-state index contributed by atoms with van der Waals surface area (Å²) >= 11 is 0. The third-order valence-corrected chi connectivity index (χ3v) is 6.40. The van der Waals surface area contributed by atoms with Gasteiger partial charge in [0.25, 0.3) is 0 Å². The number of aromatic nitrogens is 3. The highest BCUT2D eigenvalue weighted by Gasteiger charge is 2.24. The van der Waals surface area contributed by atoms with Crippen LogP contribution in [0.2, 0.25) is 0 Å². The molecule has 1 aliphatic heterocycles. The van der Waals surface area contributed by atoms with E-state index in [1.54, 1.807) is 30.8 Å². The number of benzene rings is 1. The molecule has 0 atom stereocenters. The molecule has 6 nitrogen and oxygen atoms in total. The lowest BCUT2D eigenvalue weighted by atomic mass is 9.91. The van der Waals surface area contributed by atoms with Crippen molar-refractivity contribution in [2.24, 2.45) is 5.92 Å². The van der Waals surface area contributed by atoms with E-state index < -0.39 is 0 Å². The van der Waals surface area contributed by atoms with Crippen molar-refractivity contribution in [2.45, 2.75) is 45.8 Å². The number of ether oxygens (including phenoxy) is 1. The average Bonchev–Trinajstić information content (AvgIpc) is 3.23. The van der Waals surface area contributed by atoms with E-state index in [9.17, 15) is 9.18 Å². The molecule has 3 heterocycles. The first-order valence-electron chi connectivity index (χ1n) is 11.5. The standard InChI is InChI=1S/C26H31FN4O2/c1-19-15-21(7-9-24(19)27)25-16-23(18-33-2)31(29-25)17-26(32)30-13-10-20(11-14-30)6-8-22-5-3-4-12-28-22/h3-5,7,9,12,15-16,20H,6,8,10-11,13-14,17-18H2,1-2H3. The van der Waals surface area contributed by atoms with Crippen LogP contribution in [0.25, 0.3) is 11.3 Å². The van der Waals surface area contributed by atoms with E-state index in [0.29, 0.717) is 23.8 Å². The molecule has 0 spiro atoms. The van der Waals surface area contributed by atoms with Crippen LogP contribution >= 0.6 is 0 Å². The van der Waals surface area contributed by atoms with Gasteiger partial charge >= 0.3 is 0 Å². The van der Waals surface area contributed by atoms with E-state index in [-0.39, 0.29) is 18.3 Å². The quantitative estimate of drug-likeness (QED) is 0.510. The molecule has 0 aliphatic carbocycles. The highest BCUT2D eigenvalue weighted by molar-refractivity contribution is 5.76. The molecule has 1 saturated heterocycles. The van der Waals surface area contributed by atoms with Crippen molar-refractivity contribution >= 4 is 5.91 Å². The molecule has 4 rings (SSSR count). The van der Waals surface area contributed by atoms with E-state index in [2.05, 4.69) is 16.1 Å². The Bertz CT molecular complexity index is 1080. The number of carbonyl (C=O) groups excluding carboxylic acids is 1. The first-order valence-corrected chi connectivity index (χ1v) is 11.5. The summed E-state index contributed by atoms with van der Waals surface area (Å²) in [5.74, 6) is 0.451. The number of carbonyl (C=O) groups is 1. The van der Waals surface area contributed by atoms with Crippen LogP contribution in [0.1, 0.15) is 36.2 Å². The van der Waals surface area contributed by atoms with E-state index in [0.717, 1.165) is 55.7 Å². The van der Waals surface area contributed by atoms with Gasteiger partial charge in [-0.2, -0.15) is 5.10 Å². The highest BCUT2D eigenvalue weighted by Crippen LogP contribution is 2.24. The first-order chi connectivity index (χ1) is 16.0. The van der Waals surface area contributed by atoms with Crippen molar-refractivity contribution in [3.63, 3.8) is 0 Å². The number of piperidine rings is 1. The summed E-state index contributed by atoms with van der Waals surface area (Å²) in [7, 11) is 1.62. The molecule has 1 aromatic carbocycles. The van der Waals surface area contributed by atoms with Crippen LogP contribution in [-0.4, -0.2) is 45.8 Å². The molecule has 7 heteroatoms. The Labute approximate surface area is 194 Å². The van der Waals surface area contributed by atoms with Gasteiger partial charge in [-0.15, -0.1) is 0 Å². The predicted octanol–water partition coefficient (Wildman–Crippen LogP) is 4.41. The number of hydrogen-bond donors (Lipinski definition) is 0. The Morgan fingerprint density at radius 3 is 2.70 bits per heavy atom. The van der Waals surface area contributed by atoms with Gasteiger partial charge < -0.3 is 9.64 Å². The van der Waals surface area contributed by atoms with Crippen molar-refractivity contribution in [1.29, 1.82) is 0 Å². The second kappa shape index (κ2) is 10.7. The second-order valence-electron chi connectivity index (χ2n) is 8.76. The fourth-order valence-corrected chi connectivity index (χ4v) is 4.40. The van der Waals surface area contributed by atoms with Gasteiger partial charge in [0.05, 0.1) is 18.0 Å². The van der Waals surface area contributed by atoms with E-state index in [1.165, 1.54) is 6.07 Å². The molecule has 174 valence electrons. The highest BCUT2D eigenvalue weighted by atomic mass is 19.1. The summed E-state index contributed by atoms with van der Waals surface area (Å²) in [6.07, 6.45) is 5.97. The van der Waals surface area contributed by atoms with Crippen LogP contribution in [0.15, 0.2) is 48.7 Å². The minimum atomic E-state index is -0.242. The number of methoxy groups -OCH3 is 1. The van der Waals surface area contributed by atoms with Gasteiger partial charge in [-0.05, 0) is 80.5 Å². The number of likely N-dealkylation sites (tertiary alicyclic amines) is 1. The summed E-state index contributed by atoms with van der Waals surface area (Å²) in [5, 5.41) is 4.64. The van der Waals surface area contributed by atoms with Crippen LogP contribution in [0, 0.1) is 18.7 Å². The minimum Gasteiger partial charge on any atom is -0.378 e. The molecule has 33 heavy (non-hydrogen) atoms. The maximum absolute atomic E-state index is 13.7. The summed E-state index contributed by atoms with van der Waals surface area (Å²) in [4.78, 5) is 19.4. The third-order valence-electron chi connectivity index (χ3n) is 6.40. The van der Waals surface area contributed by atoms with Crippen LogP contribution in [0.4, 0.5) is 4.39 Å². The van der Waals surface area contributed by atoms with Crippen molar-refractivity contribution in [2.75, 3.05) is 20.2 Å². The summed E-state index contributed by atoms with van der Waals surface area (Å²) in [6, 6.07) is 12.9. The predicted molar refractivity (Wildman–Crippen MR) is 125 cm³/mol. The van der Waals surface area contributed by atoms with Crippen LogP contribution in [-0.2, 0) is 29.1 Å². The van der Waals surface area contributed by atoms with Gasteiger partial charge in [-0.25, -0.2) is 4.39 Å². The van der Waals surface area contributed by atoms with E-state index in [1.807, 2.05) is 29.3 Å². The molecular formula is C26H31FN4O2. The minimum absolute atomic E-state index is 0.0699. The largest absolute Gasteiger partial charge is 0.378 e. The maximum atomic E-state index is 13.7. The van der Waals surface area contributed by atoms with Crippen LogP contribution in [0.3, 0.4) is 0 Å². The lowest BCUT2D eigenvalue weighted by Gasteiger charge is -2.32. The second-order valence-corrected chi connectivity index (χ2v) is 8.76. The van der Waals surface area contributed by atoms with Crippen LogP contribution < -0.4 is 0 Å². The van der Waals surface area contributed by atoms with Crippen molar-refractivity contribution in [1.82, 2.24) is 19.7 Å². The molecule has 2 aromatic heterocycles. The van der Waals surface area contributed by atoms with Gasteiger partial charge in [0.2, 0.25) is 5.91 Å². The molecular weight excluding hydrogens is 419 g/mol. The lowest BCUT2D eigenvalue weighted by molar-refractivity contribution is -0.133. The Kier molecular flexibility index (Phi) is 7.50. The number of nitrogens with zero attached hydrogens (tertiary/aromatic N) is 4. The van der Waals surface area contributed by atoms with Gasteiger partial charge in [-0.3, -0.25) is 14.5 Å². The maximum Gasteiger partial charge on any atom is 0.244 e. The molecule has 0 N–H and O–H groups in total.